The molecule has 0 aliphatic rings. The number of ether oxygens (including phenoxy) is 1. The van der Waals surface area contributed by atoms with Gasteiger partial charge in [0.2, 0.25) is 0 Å². The smallest absolute Gasteiger partial charge is 0.336 e. The molecule has 4 nitrogen and oxygen atoms in total. The van der Waals surface area contributed by atoms with Gasteiger partial charge in [-0.05, 0) is 5.56 Å². The van der Waals surface area contributed by atoms with Crippen molar-refractivity contribution in [3.8, 4) is 0 Å². The van der Waals surface area contributed by atoms with Gasteiger partial charge in [-0.1, -0.05) is 30.8 Å². The molecule has 0 spiro atoms. The molecule has 0 bridgehead atoms. The third-order valence-electron chi connectivity index (χ3n) is 2.17. The van der Waals surface area contributed by atoms with Gasteiger partial charge in [0.15, 0.2) is 0 Å². The van der Waals surface area contributed by atoms with Crippen LogP contribution < -0.4 is 0 Å². The molecular formula is C12H12O4. The van der Waals surface area contributed by atoms with Gasteiger partial charge in [-0.3, -0.25) is 4.79 Å². The highest BCUT2D eigenvalue weighted by atomic mass is 16.5. The summed E-state index contributed by atoms with van der Waals surface area (Å²) in [6.07, 6.45) is -0.418. The van der Waals surface area contributed by atoms with Crippen molar-refractivity contribution in [3.63, 3.8) is 0 Å². The first kappa shape index (κ1) is 12.1. The SMILES string of the molecule is C=C(C(=O)OC)[C@@H](O)c1ccc(C=O)cc1. The summed E-state index contributed by atoms with van der Waals surface area (Å²) in [6.45, 7) is 3.45. The van der Waals surface area contributed by atoms with Gasteiger partial charge in [0.25, 0.3) is 0 Å². The molecule has 0 aromatic heterocycles. The van der Waals surface area contributed by atoms with Crippen LogP contribution >= 0.6 is 0 Å². The lowest BCUT2D eigenvalue weighted by Crippen LogP contribution is -2.11. The van der Waals surface area contributed by atoms with Crippen molar-refractivity contribution in [1.82, 2.24) is 0 Å². The molecule has 1 rings (SSSR count). The second-order valence-corrected chi connectivity index (χ2v) is 3.20. The minimum Gasteiger partial charge on any atom is -0.466 e. The molecule has 1 aromatic rings. The number of aliphatic hydroxyl groups excluding tert-OH is 1. The average molecular weight is 220 g/mol. The van der Waals surface area contributed by atoms with Crippen LogP contribution in [-0.4, -0.2) is 24.5 Å². The quantitative estimate of drug-likeness (QED) is 0.471. The zero-order chi connectivity index (χ0) is 12.1. The molecule has 0 fully saturated rings. The highest BCUT2D eigenvalue weighted by Crippen LogP contribution is 2.21. The zero-order valence-electron chi connectivity index (χ0n) is 8.84. The lowest BCUT2D eigenvalue weighted by Gasteiger charge is -2.12. The molecule has 84 valence electrons. The highest BCUT2D eigenvalue weighted by Gasteiger charge is 2.18. The number of carbonyl (C=O) groups is 2. The van der Waals surface area contributed by atoms with Crippen molar-refractivity contribution in [3.05, 3.63) is 47.5 Å². The molecule has 0 saturated heterocycles. The Morgan fingerprint density at radius 3 is 2.44 bits per heavy atom. The van der Waals surface area contributed by atoms with Crippen molar-refractivity contribution < 1.29 is 19.4 Å². The summed E-state index contributed by atoms with van der Waals surface area (Å²) in [5, 5.41) is 9.77. The van der Waals surface area contributed by atoms with Crippen LogP contribution in [0, 0.1) is 0 Å². The third-order valence-corrected chi connectivity index (χ3v) is 2.17. The van der Waals surface area contributed by atoms with E-state index in [-0.39, 0.29) is 5.57 Å². The maximum atomic E-state index is 11.1. The van der Waals surface area contributed by atoms with E-state index in [0.717, 1.165) is 0 Å². The van der Waals surface area contributed by atoms with Crippen molar-refractivity contribution in [2.45, 2.75) is 6.10 Å². The normalized spacial score (nSPS) is 11.6. The summed E-state index contributed by atoms with van der Waals surface area (Å²) in [4.78, 5) is 21.5. The number of hydrogen-bond acceptors (Lipinski definition) is 4. The topological polar surface area (TPSA) is 63.6 Å². The number of hydrogen-bond donors (Lipinski definition) is 1. The van der Waals surface area contributed by atoms with Crippen LogP contribution in [0.4, 0.5) is 0 Å². The summed E-state index contributed by atoms with van der Waals surface area (Å²) in [5.41, 5.74) is 0.946. The standard InChI is InChI=1S/C12H12O4/c1-8(12(15)16-2)11(14)10-5-3-9(7-13)4-6-10/h3-7,11,14H,1H2,2H3/t11-/m1/s1. The van der Waals surface area contributed by atoms with Gasteiger partial charge in [0, 0.05) is 5.56 Å². The monoisotopic (exact) mass is 220 g/mol. The van der Waals surface area contributed by atoms with E-state index in [1.807, 2.05) is 0 Å². The van der Waals surface area contributed by atoms with Gasteiger partial charge in [-0.2, -0.15) is 0 Å². The summed E-state index contributed by atoms with van der Waals surface area (Å²) in [7, 11) is 1.22. The first-order chi connectivity index (χ1) is 7.60. The first-order valence-corrected chi connectivity index (χ1v) is 4.60. The van der Waals surface area contributed by atoms with Gasteiger partial charge in [-0.15, -0.1) is 0 Å². The van der Waals surface area contributed by atoms with Crippen LogP contribution in [0.15, 0.2) is 36.4 Å². The number of methoxy groups -OCH3 is 1. The molecule has 1 aromatic carbocycles. The van der Waals surface area contributed by atoms with E-state index in [4.69, 9.17) is 0 Å². The predicted molar refractivity (Wildman–Crippen MR) is 57.9 cm³/mol. The molecule has 1 atom stereocenters. The van der Waals surface area contributed by atoms with Crippen LogP contribution in [0.3, 0.4) is 0 Å². The Morgan fingerprint density at radius 2 is 2.00 bits per heavy atom. The maximum Gasteiger partial charge on any atom is 0.336 e. The number of aldehydes is 1. The van der Waals surface area contributed by atoms with Crippen molar-refractivity contribution in [2.75, 3.05) is 7.11 Å². The van der Waals surface area contributed by atoms with Gasteiger partial charge >= 0.3 is 5.97 Å². The molecule has 0 heterocycles. The average Bonchev–Trinajstić information content (AvgIpc) is 2.36. The molecule has 0 aliphatic heterocycles. The number of carbonyl (C=O) groups excluding carboxylic acids is 2. The molecule has 0 radical (unpaired) electrons. The van der Waals surface area contributed by atoms with Crippen molar-refractivity contribution in [1.29, 1.82) is 0 Å². The third kappa shape index (κ3) is 2.55. The van der Waals surface area contributed by atoms with Crippen molar-refractivity contribution in [2.24, 2.45) is 0 Å². The van der Waals surface area contributed by atoms with Crippen LogP contribution in [0.2, 0.25) is 0 Å². The number of rotatable bonds is 4. The lowest BCUT2D eigenvalue weighted by atomic mass is 10.0. The predicted octanol–water partition coefficient (Wildman–Crippen LogP) is 1.26. The molecule has 0 amide bonds. The molecule has 0 aliphatic carbocycles. The van der Waals surface area contributed by atoms with Gasteiger partial charge in [0.05, 0.1) is 12.7 Å². The molecular weight excluding hydrogens is 208 g/mol. The van der Waals surface area contributed by atoms with Crippen molar-refractivity contribution >= 4 is 12.3 Å². The van der Waals surface area contributed by atoms with Gasteiger partial charge in [-0.25, -0.2) is 4.79 Å². The number of aliphatic hydroxyl groups is 1. The van der Waals surface area contributed by atoms with E-state index in [0.29, 0.717) is 17.4 Å². The highest BCUT2D eigenvalue weighted by molar-refractivity contribution is 5.89. The van der Waals surface area contributed by atoms with E-state index in [1.54, 1.807) is 24.3 Å². The Morgan fingerprint density at radius 1 is 1.44 bits per heavy atom. The van der Waals surface area contributed by atoms with E-state index in [1.165, 1.54) is 7.11 Å². The lowest BCUT2D eigenvalue weighted by molar-refractivity contribution is -0.137. The van der Waals surface area contributed by atoms with E-state index >= 15 is 0 Å². The minimum atomic E-state index is -1.12. The molecule has 16 heavy (non-hydrogen) atoms. The Balaban J connectivity index is 2.87. The fourth-order valence-electron chi connectivity index (χ4n) is 1.20. The van der Waals surface area contributed by atoms with E-state index < -0.39 is 12.1 Å². The molecule has 0 unspecified atom stereocenters. The van der Waals surface area contributed by atoms with Crippen LogP contribution in [0.25, 0.3) is 0 Å². The van der Waals surface area contributed by atoms with Crippen LogP contribution in [-0.2, 0) is 9.53 Å². The Kier molecular flexibility index (Phi) is 3.96. The summed E-state index contributed by atoms with van der Waals surface area (Å²) >= 11 is 0. The number of esters is 1. The second kappa shape index (κ2) is 5.23. The molecule has 1 N–H and O–H groups in total. The van der Waals surface area contributed by atoms with E-state index in [9.17, 15) is 14.7 Å². The van der Waals surface area contributed by atoms with Gasteiger partial charge < -0.3 is 9.84 Å². The van der Waals surface area contributed by atoms with Crippen LogP contribution in [0.1, 0.15) is 22.0 Å². The number of benzene rings is 1. The Bertz CT molecular complexity index is 406. The molecule has 0 saturated carbocycles. The second-order valence-electron chi connectivity index (χ2n) is 3.20. The largest absolute Gasteiger partial charge is 0.466 e. The fourth-order valence-corrected chi connectivity index (χ4v) is 1.20. The maximum absolute atomic E-state index is 11.1. The summed E-state index contributed by atoms with van der Waals surface area (Å²) < 4.78 is 4.44. The Labute approximate surface area is 93.2 Å². The fraction of sp³-hybridized carbons (Fsp3) is 0.167. The summed E-state index contributed by atoms with van der Waals surface area (Å²) in [6, 6.07) is 6.22. The minimum absolute atomic E-state index is 0.0404. The Hall–Kier alpha value is -1.94. The van der Waals surface area contributed by atoms with E-state index in [2.05, 4.69) is 11.3 Å². The molecule has 4 heteroatoms. The summed E-state index contributed by atoms with van der Waals surface area (Å²) in [5.74, 6) is -0.660. The first-order valence-electron chi connectivity index (χ1n) is 4.60. The van der Waals surface area contributed by atoms with Crippen LogP contribution in [0.5, 0.6) is 0 Å². The zero-order valence-corrected chi connectivity index (χ0v) is 8.84. The van der Waals surface area contributed by atoms with Gasteiger partial charge in [0.1, 0.15) is 12.4 Å².